The zero-order chi connectivity index (χ0) is 22.5. The van der Waals surface area contributed by atoms with Gasteiger partial charge in [-0.15, -0.1) is 0 Å². The Morgan fingerprint density at radius 1 is 1.10 bits per heavy atom. The summed E-state index contributed by atoms with van der Waals surface area (Å²) in [6.45, 7) is 7.31. The summed E-state index contributed by atoms with van der Waals surface area (Å²) < 4.78 is 7.34. The van der Waals surface area contributed by atoms with Crippen molar-refractivity contribution in [3.05, 3.63) is 23.0 Å². The van der Waals surface area contributed by atoms with E-state index >= 15 is 0 Å². The Kier molecular flexibility index (Phi) is 5.78. The summed E-state index contributed by atoms with van der Waals surface area (Å²) in [5.74, 6) is 1.16. The highest BCUT2D eigenvalue weighted by atomic mass is 16.5. The maximum atomic E-state index is 13.4. The first-order valence-corrected chi connectivity index (χ1v) is 11.7. The van der Waals surface area contributed by atoms with Crippen molar-refractivity contribution < 1.29 is 19.1 Å². The van der Waals surface area contributed by atoms with E-state index in [1.54, 1.807) is 0 Å². The zero-order valence-electron chi connectivity index (χ0n) is 19.5. The van der Waals surface area contributed by atoms with Crippen LogP contribution in [-0.2, 0) is 21.4 Å². The van der Waals surface area contributed by atoms with Gasteiger partial charge in [-0.05, 0) is 82.1 Å². The first-order valence-electron chi connectivity index (χ1n) is 11.7. The fourth-order valence-electron chi connectivity index (χ4n) is 6.62. The lowest BCUT2D eigenvalue weighted by Crippen LogP contribution is -2.57. The van der Waals surface area contributed by atoms with Gasteiger partial charge in [0.15, 0.2) is 6.61 Å². The molecule has 4 aliphatic carbocycles. The Labute approximate surface area is 185 Å². The molecule has 0 unspecified atom stereocenters. The van der Waals surface area contributed by atoms with Gasteiger partial charge in [0.2, 0.25) is 11.7 Å². The standard InChI is InChI=1S/C25H36N2O4/c1-14(2)22(23(29)31-13-21(28)20-6-15(3)27(5)16(20)4)26-24(30)25-10-17-7-18(11-25)9-19(8-17)12-25/h6,14,17-19,22H,7-13H2,1-5H3,(H,26,30)/t17?,18?,19?,22-,25?/m0/s1. The largest absolute Gasteiger partial charge is 0.456 e. The maximum Gasteiger partial charge on any atom is 0.329 e. The lowest BCUT2D eigenvalue weighted by molar-refractivity contribution is -0.154. The van der Waals surface area contributed by atoms with Crippen LogP contribution in [0.2, 0.25) is 0 Å². The molecule has 5 rings (SSSR count). The smallest absolute Gasteiger partial charge is 0.329 e. The number of aromatic nitrogens is 1. The Morgan fingerprint density at radius 2 is 1.65 bits per heavy atom. The topological polar surface area (TPSA) is 77.4 Å². The molecule has 0 saturated heterocycles. The number of hydrogen-bond acceptors (Lipinski definition) is 4. The minimum atomic E-state index is -0.730. The number of esters is 1. The molecule has 0 aliphatic heterocycles. The molecule has 1 amide bonds. The summed E-state index contributed by atoms with van der Waals surface area (Å²) in [5, 5.41) is 3.03. The molecular formula is C25H36N2O4. The van der Waals surface area contributed by atoms with Gasteiger partial charge in [-0.2, -0.15) is 0 Å². The fraction of sp³-hybridized carbons (Fsp3) is 0.720. The highest BCUT2D eigenvalue weighted by molar-refractivity contribution is 5.99. The van der Waals surface area contributed by atoms with E-state index in [0.29, 0.717) is 23.3 Å². The number of carbonyl (C=O) groups excluding carboxylic acids is 3. The summed E-state index contributed by atoms with van der Waals surface area (Å²) in [5.41, 5.74) is 2.10. The summed E-state index contributed by atoms with van der Waals surface area (Å²) in [6, 6.07) is 1.09. The van der Waals surface area contributed by atoms with Crippen molar-refractivity contribution in [1.82, 2.24) is 9.88 Å². The second kappa shape index (κ2) is 8.10. The van der Waals surface area contributed by atoms with Gasteiger partial charge in [-0.1, -0.05) is 13.8 Å². The van der Waals surface area contributed by atoms with E-state index in [-0.39, 0.29) is 29.6 Å². The zero-order valence-corrected chi connectivity index (χ0v) is 19.5. The van der Waals surface area contributed by atoms with Gasteiger partial charge in [0.05, 0.1) is 0 Å². The number of aryl methyl sites for hydroxylation is 1. The molecule has 4 bridgehead atoms. The van der Waals surface area contributed by atoms with E-state index in [1.165, 1.54) is 19.3 Å². The van der Waals surface area contributed by atoms with Crippen molar-refractivity contribution >= 4 is 17.7 Å². The number of nitrogens with one attached hydrogen (secondary N) is 1. The third-order valence-electron chi connectivity index (χ3n) is 8.15. The van der Waals surface area contributed by atoms with Gasteiger partial charge >= 0.3 is 5.97 Å². The molecule has 1 atom stereocenters. The predicted molar refractivity (Wildman–Crippen MR) is 118 cm³/mol. The number of ether oxygens (including phenoxy) is 1. The number of Topliss-reactive ketones (excluding diaryl/α,β-unsaturated/α-hetero) is 1. The molecule has 6 heteroatoms. The van der Waals surface area contributed by atoms with Crippen molar-refractivity contribution in [2.24, 2.45) is 36.1 Å². The molecule has 0 aromatic carbocycles. The number of ketones is 1. The Morgan fingerprint density at radius 3 is 2.10 bits per heavy atom. The Bertz CT molecular complexity index is 862. The van der Waals surface area contributed by atoms with Gasteiger partial charge in [0.25, 0.3) is 0 Å². The van der Waals surface area contributed by atoms with Gasteiger partial charge in [-0.3, -0.25) is 9.59 Å². The molecule has 0 spiro atoms. The van der Waals surface area contributed by atoms with Crippen molar-refractivity contribution in [1.29, 1.82) is 0 Å². The van der Waals surface area contributed by atoms with E-state index in [1.807, 2.05) is 45.4 Å². The van der Waals surface area contributed by atoms with Crippen LogP contribution < -0.4 is 5.32 Å². The molecule has 1 N–H and O–H groups in total. The van der Waals surface area contributed by atoms with E-state index in [0.717, 1.165) is 30.7 Å². The quantitative estimate of drug-likeness (QED) is 0.530. The van der Waals surface area contributed by atoms with Crippen LogP contribution in [0.25, 0.3) is 0 Å². The van der Waals surface area contributed by atoms with E-state index in [9.17, 15) is 14.4 Å². The van der Waals surface area contributed by atoms with Crippen molar-refractivity contribution in [2.45, 2.75) is 72.3 Å². The van der Waals surface area contributed by atoms with Crippen LogP contribution in [0.1, 0.15) is 74.1 Å². The number of amides is 1. The van der Waals surface area contributed by atoms with Crippen LogP contribution in [0.5, 0.6) is 0 Å². The monoisotopic (exact) mass is 428 g/mol. The molecule has 4 aliphatic rings. The number of carbonyl (C=O) groups is 3. The molecule has 170 valence electrons. The van der Waals surface area contributed by atoms with E-state index < -0.39 is 12.0 Å². The SMILES string of the molecule is Cc1cc(C(=O)COC(=O)[C@@H](NC(=O)C23CC4CC(CC(C4)C2)C3)C(C)C)c(C)n1C. The van der Waals surface area contributed by atoms with Crippen LogP contribution in [0.3, 0.4) is 0 Å². The number of nitrogens with zero attached hydrogens (tertiary/aromatic N) is 1. The number of rotatable bonds is 7. The summed E-state index contributed by atoms with van der Waals surface area (Å²) in [4.78, 5) is 38.8. The highest BCUT2D eigenvalue weighted by Crippen LogP contribution is 2.60. The highest BCUT2D eigenvalue weighted by Gasteiger charge is 2.55. The van der Waals surface area contributed by atoms with Gasteiger partial charge in [0.1, 0.15) is 6.04 Å². The van der Waals surface area contributed by atoms with Crippen molar-refractivity contribution in [3.8, 4) is 0 Å². The van der Waals surface area contributed by atoms with Crippen LogP contribution in [-0.4, -0.2) is 34.9 Å². The van der Waals surface area contributed by atoms with E-state index in [4.69, 9.17) is 4.74 Å². The fourth-order valence-corrected chi connectivity index (χ4v) is 6.62. The Balaban J connectivity index is 1.39. The van der Waals surface area contributed by atoms with Crippen LogP contribution in [0.15, 0.2) is 6.07 Å². The minimum Gasteiger partial charge on any atom is -0.456 e. The predicted octanol–water partition coefficient (Wildman–Crippen LogP) is 3.73. The lowest BCUT2D eigenvalue weighted by Gasteiger charge is -2.55. The van der Waals surface area contributed by atoms with Crippen LogP contribution >= 0.6 is 0 Å². The van der Waals surface area contributed by atoms with E-state index in [2.05, 4.69) is 5.32 Å². The minimum absolute atomic E-state index is 0.0168. The first kappa shape index (κ1) is 22.1. The van der Waals surface area contributed by atoms with Crippen LogP contribution in [0, 0.1) is 42.9 Å². The average molecular weight is 429 g/mol. The number of hydrogen-bond donors (Lipinski definition) is 1. The van der Waals surface area contributed by atoms with Gasteiger partial charge in [-0.25, -0.2) is 4.79 Å². The second-order valence-electron chi connectivity index (χ2n) is 10.8. The maximum absolute atomic E-state index is 13.4. The van der Waals surface area contributed by atoms with Crippen molar-refractivity contribution in [3.63, 3.8) is 0 Å². The molecule has 31 heavy (non-hydrogen) atoms. The molecule has 1 aromatic heterocycles. The molecule has 0 radical (unpaired) electrons. The molecule has 1 heterocycles. The molecule has 1 aromatic rings. The first-order chi connectivity index (χ1) is 14.6. The average Bonchev–Trinajstić information content (AvgIpc) is 2.96. The molecule has 4 fully saturated rings. The van der Waals surface area contributed by atoms with Crippen molar-refractivity contribution in [2.75, 3.05) is 6.61 Å². The lowest BCUT2D eigenvalue weighted by atomic mass is 9.49. The second-order valence-corrected chi connectivity index (χ2v) is 10.8. The molecule has 4 saturated carbocycles. The van der Waals surface area contributed by atoms with Crippen LogP contribution in [0.4, 0.5) is 0 Å². The third kappa shape index (κ3) is 4.06. The summed E-state index contributed by atoms with van der Waals surface area (Å²) in [6.07, 6.45) is 6.66. The van der Waals surface area contributed by atoms with Gasteiger partial charge in [0, 0.05) is 29.4 Å². The van der Waals surface area contributed by atoms with Gasteiger partial charge < -0.3 is 14.6 Å². The third-order valence-corrected chi connectivity index (χ3v) is 8.15. The summed E-state index contributed by atoms with van der Waals surface area (Å²) >= 11 is 0. The molecular weight excluding hydrogens is 392 g/mol. The normalized spacial score (nSPS) is 29.8. The summed E-state index contributed by atoms with van der Waals surface area (Å²) in [7, 11) is 1.90. The Hall–Kier alpha value is -2.11. The molecule has 6 nitrogen and oxygen atoms in total.